The Labute approximate surface area is 178 Å². The minimum atomic E-state index is 0.303. The smallest absolute Gasteiger partial charge is 0.141 e. The summed E-state index contributed by atoms with van der Waals surface area (Å²) >= 11 is 0. The molecule has 0 amide bonds. The van der Waals surface area contributed by atoms with Crippen LogP contribution in [0.15, 0.2) is 36.4 Å². The Bertz CT molecular complexity index is 862. The fourth-order valence-electron chi connectivity index (χ4n) is 2.65. The monoisotopic (exact) mass is 411 g/mol. The molecule has 0 aliphatic carbocycles. The van der Waals surface area contributed by atoms with Crippen LogP contribution in [0.2, 0.25) is 0 Å². The van der Waals surface area contributed by atoms with Crippen LogP contribution < -0.4 is 5.32 Å². The van der Waals surface area contributed by atoms with Gasteiger partial charge in [-0.1, -0.05) is 18.9 Å². The van der Waals surface area contributed by atoms with Gasteiger partial charge in [-0.25, -0.2) is 9.97 Å². The summed E-state index contributed by atoms with van der Waals surface area (Å²) in [6.07, 6.45) is 9.71. The molecule has 1 aromatic heterocycles. The molecule has 0 radical (unpaired) electrons. The fourth-order valence-corrected chi connectivity index (χ4v) is 2.65. The molecule has 0 fully saturated rings. The minimum absolute atomic E-state index is 0.303. The van der Waals surface area contributed by atoms with E-state index in [0.29, 0.717) is 44.6 Å². The van der Waals surface area contributed by atoms with Crippen molar-refractivity contribution in [1.29, 1.82) is 0 Å². The molecule has 1 heterocycles. The van der Waals surface area contributed by atoms with Crippen molar-refractivity contribution in [3.63, 3.8) is 0 Å². The van der Waals surface area contributed by atoms with Crippen molar-refractivity contribution in [1.82, 2.24) is 9.97 Å². The summed E-state index contributed by atoms with van der Waals surface area (Å²) in [4.78, 5) is 8.86. The van der Waals surface area contributed by atoms with Crippen molar-refractivity contribution >= 4 is 17.6 Å². The van der Waals surface area contributed by atoms with E-state index in [0.717, 1.165) is 28.9 Å². The zero-order chi connectivity index (χ0) is 21.6. The average molecular weight is 412 g/mol. The van der Waals surface area contributed by atoms with Crippen molar-refractivity contribution in [2.75, 3.05) is 52.6 Å². The van der Waals surface area contributed by atoms with Crippen molar-refractivity contribution in [2.24, 2.45) is 0 Å². The number of ether oxygens (including phenoxy) is 4. The van der Waals surface area contributed by atoms with Crippen molar-refractivity contribution in [3.8, 4) is 12.3 Å². The van der Waals surface area contributed by atoms with E-state index < -0.39 is 0 Å². The van der Waals surface area contributed by atoms with Crippen molar-refractivity contribution < 1.29 is 18.9 Å². The van der Waals surface area contributed by atoms with E-state index in [1.807, 2.05) is 37.3 Å². The maximum Gasteiger partial charge on any atom is 0.141 e. The third kappa shape index (κ3) is 7.48. The molecule has 0 saturated carbocycles. The molecule has 2 rings (SSSR count). The van der Waals surface area contributed by atoms with Gasteiger partial charge in [0, 0.05) is 31.0 Å². The van der Waals surface area contributed by atoms with Crippen LogP contribution in [0.3, 0.4) is 0 Å². The van der Waals surface area contributed by atoms with Crippen LogP contribution >= 0.6 is 0 Å². The van der Waals surface area contributed by atoms with Gasteiger partial charge in [-0.2, -0.15) is 0 Å². The molecular formula is C23H29N3O4. The van der Waals surface area contributed by atoms with E-state index in [9.17, 15) is 0 Å². The Hall–Kier alpha value is -2.92. The lowest BCUT2D eigenvalue weighted by Gasteiger charge is -2.15. The number of aromatic nitrogens is 2. The van der Waals surface area contributed by atoms with Gasteiger partial charge in [0.25, 0.3) is 0 Å². The first-order valence-electron chi connectivity index (χ1n) is 9.78. The zero-order valence-electron chi connectivity index (χ0n) is 17.8. The van der Waals surface area contributed by atoms with E-state index in [1.165, 1.54) is 0 Å². The van der Waals surface area contributed by atoms with Crippen LogP contribution in [-0.4, -0.2) is 57.2 Å². The summed E-state index contributed by atoms with van der Waals surface area (Å²) in [6.45, 7) is 4.22. The highest BCUT2D eigenvalue weighted by atomic mass is 16.6. The summed E-state index contributed by atoms with van der Waals surface area (Å²) in [5.41, 5.74) is 3.37. The number of aryl methyl sites for hydroxylation is 1. The van der Waals surface area contributed by atoms with Crippen LogP contribution in [0, 0.1) is 12.3 Å². The topological polar surface area (TPSA) is 74.7 Å². The number of benzene rings is 1. The standard InChI is InChI=1S/C23H29N3O4/c1-5-18-8-7-9-19(14-18)26-23-21(22(6-2)24-17-25-23)15-20(30-13-11-28-4)16-29-12-10-27-3/h1,7-9,14-15,17H,6,10-13,16H2,2-4H3,(H,24,25,26)/b20-15+. The molecule has 7 nitrogen and oxygen atoms in total. The molecule has 0 aliphatic heterocycles. The molecule has 7 heteroatoms. The maximum absolute atomic E-state index is 5.87. The number of terminal acetylenes is 1. The van der Waals surface area contributed by atoms with Gasteiger partial charge in [0.1, 0.15) is 31.1 Å². The van der Waals surface area contributed by atoms with E-state index in [1.54, 1.807) is 20.5 Å². The molecule has 0 aliphatic rings. The van der Waals surface area contributed by atoms with Crippen molar-refractivity contribution in [3.05, 3.63) is 53.2 Å². The van der Waals surface area contributed by atoms with Gasteiger partial charge < -0.3 is 24.3 Å². The van der Waals surface area contributed by atoms with Gasteiger partial charge in [0.2, 0.25) is 0 Å². The zero-order valence-corrected chi connectivity index (χ0v) is 17.8. The summed E-state index contributed by atoms with van der Waals surface area (Å²) in [6, 6.07) is 7.61. The first-order chi connectivity index (χ1) is 14.7. The Morgan fingerprint density at radius 2 is 1.93 bits per heavy atom. The van der Waals surface area contributed by atoms with Crippen molar-refractivity contribution in [2.45, 2.75) is 13.3 Å². The molecule has 1 N–H and O–H groups in total. The molecule has 1 aromatic carbocycles. The van der Waals surface area contributed by atoms with Crippen LogP contribution in [0.4, 0.5) is 11.5 Å². The largest absolute Gasteiger partial charge is 0.493 e. The lowest BCUT2D eigenvalue weighted by molar-refractivity contribution is 0.0473. The molecule has 0 unspecified atom stereocenters. The SMILES string of the molecule is C#Cc1cccc(Nc2ncnc(CC)c2/C=C(\COCCOC)OCCOC)c1. The van der Waals surface area contributed by atoms with E-state index in [-0.39, 0.29) is 0 Å². The minimum Gasteiger partial charge on any atom is -0.493 e. The van der Waals surface area contributed by atoms with E-state index in [2.05, 4.69) is 21.2 Å². The van der Waals surface area contributed by atoms with Gasteiger partial charge in [-0.15, -0.1) is 6.42 Å². The summed E-state index contributed by atoms with van der Waals surface area (Å²) in [5.74, 6) is 3.97. The Kier molecular flexibility index (Phi) is 10.4. The van der Waals surface area contributed by atoms with Gasteiger partial charge in [0.05, 0.1) is 25.5 Å². The predicted octanol–water partition coefficient (Wildman–Crippen LogP) is 3.43. The van der Waals surface area contributed by atoms with Crippen LogP contribution in [0.25, 0.3) is 6.08 Å². The second-order valence-electron chi connectivity index (χ2n) is 6.28. The van der Waals surface area contributed by atoms with Gasteiger partial charge in [-0.3, -0.25) is 0 Å². The Morgan fingerprint density at radius 1 is 1.13 bits per heavy atom. The first-order valence-corrected chi connectivity index (χ1v) is 9.78. The van der Waals surface area contributed by atoms with E-state index in [4.69, 9.17) is 25.4 Å². The summed E-state index contributed by atoms with van der Waals surface area (Å²) < 4.78 is 21.6. The molecule has 30 heavy (non-hydrogen) atoms. The van der Waals surface area contributed by atoms with E-state index >= 15 is 0 Å². The second kappa shape index (κ2) is 13.3. The third-order valence-corrected chi connectivity index (χ3v) is 4.15. The van der Waals surface area contributed by atoms with Crippen LogP contribution in [-0.2, 0) is 25.4 Å². The van der Waals surface area contributed by atoms with Gasteiger partial charge in [-0.05, 0) is 30.7 Å². The average Bonchev–Trinajstić information content (AvgIpc) is 2.77. The number of rotatable bonds is 13. The molecule has 160 valence electrons. The lowest BCUT2D eigenvalue weighted by atomic mass is 10.1. The normalized spacial score (nSPS) is 11.2. The molecule has 0 atom stereocenters. The number of methoxy groups -OCH3 is 2. The fraction of sp³-hybridized carbons (Fsp3) is 0.391. The highest BCUT2D eigenvalue weighted by Crippen LogP contribution is 2.24. The Balaban J connectivity index is 2.32. The van der Waals surface area contributed by atoms with Gasteiger partial charge in [0.15, 0.2) is 0 Å². The number of hydrogen-bond donors (Lipinski definition) is 1. The number of hydrogen-bond acceptors (Lipinski definition) is 7. The summed E-state index contributed by atoms with van der Waals surface area (Å²) in [5, 5.41) is 3.34. The third-order valence-electron chi connectivity index (χ3n) is 4.15. The molecule has 0 bridgehead atoms. The first kappa shape index (κ1) is 23.4. The van der Waals surface area contributed by atoms with Crippen LogP contribution in [0.1, 0.15) is 23.7 Å². The Morgan fingerprint density at radius 3 is 2.67 bits per heavy atom. The number of nitrogens with zero attached hydrogens (tertiary/aromatic N) is 2. The number of nitrogens with one attached hydrogen (secondary N) is 1. The predicted molar refractivity (Wildman–Crippen MR) is 118 cm³/mol. The number of anilines is 2. The molecular weight excluding hydrogens is 382 g/mol. The highest BCUT2D eigenvalue weighted by Gasteiger charge is 2.12. The highest BCUT2D eigenvalue weighted by molar-refractivity contribution is 5.71. The van der Waals surface area contributed by atoms with Crippen LogP contribution in [0.5, 0.6) is 0 Å². The quantitative estimate of drug-likeness (QED) is 0.307. The summed E-state index contributed by atoms with van der Waals surface area (Å²) in [7, 11) is 3.27. The maximum atomic E-state index is 5.87. The molecule has 0 spiro atoms. The lowest BCUT2D eigenvalue weighted by Crippen LogP contribution is -2.10. The molecule has 2 aromatic rings. The second-order valence-corrected chi connectivity index (χ2v) is 6.28. The molecule has 0 saturated heterocycles. The van der Waals surface area contributed by atoms with Gasteiger partial charge >= 0.3 is 0 Å².